The highest BCUT2D eigenvalue weighted by Gasteiger charge is 2.24. The van der Waals surface area contributed by atoms with Crippen molar-refractivity contribution in [2.75, 3.05) is 25.1 Å². The van der Waals surface area contributed by atoms with Gasteiger partial charge in [-0.2, -0.15) is 0 Å². The van der Waals surface area contributed by atoms with Gasteiger partial charge in [0, 0.05) is 30.1 Å². The molecular formula is C27H25N3O8S. The van der Waals surface area contributed by atoms with Crippen molar-refractivity contribution >= 4 is 38.5 Å². The second kappa shape index (κ2) is 11.3. The van der Waals surface area contributed by atoms with Gasteiger partial charge in [0.15, 0.2) is 6.61 Å². The monoisotopic (exact) mass is 551 g/mol. The van der Waals surface area contributed by atoms with Crippen LogP contribution in [0, 0.1) is 6.92 Å². The molecule has 0 radical (unpaired) electrons. The third-order valence-corrected chi connectivity index (χ3v) is 7.59. The van der Waals surface area contributed by atoms with Crippen LogP contribution in [0.25, 0.3) is 11.0 Å². The van der Waals surface area contributed by atoms with Crippen molar-refractivity contribution in [1.82, 2.24) is 10.9 Å². The van der Waals surface area contributed by atoms with E-state index in [4.69, 9.17) is 13.9 Å². The highest BCUT2D eigenvalue weighted by atomic mass is 32.2. The number of carbonyl (C=O) groups excluding carboxylic acids is 2. The van der Waals surface area contributed by atoms with Crippen LogP contribution in [0.1, 0.15) is 15.9 Å². The lowest BCUT2D eigenvalue weighted by molar-refractivity contribution is -0.123. The summed E-state index contributed by atoms with van der Waals surface area (Å²) in [7, 11) is -1.08. The van der Waals surface area contributed by atoms with Crippen molar-refractivity contribution in [3.8, 4) is 11.5 Å². The van der Waals surface area contributed by atoms with E-state index in [2.05, 4.69) is 10.9 Å². The Balaban J connectivity index is 1.34. The van der Waals surface area contributed by atoms with E-state index in [1.54, 1.807) is 43.3 Å². The molecule has 0 aliphatic heterocycles. The van der Waals surface area contributed by atoms with Gasteiger partial charge in [-0.05, 0) is 61.0 Å². The van der Waals surface area contributed by atoms with Gasteiger partial charge >= 0.3 is 5.63 Å². The number of nitrogens with zero attached hydrogens (tertiary/aromatic N) is 1. The second-order valence-corrected chi connectivity index (χ2v) is 10.3. The van der Waals surface area contributed by atoms with Crippen LogP contribution in [0.3, 0.4) is 0 Å². The minimum atomic E-state index is -3.93. The Morgan fingerprint density at radius 1 is 0.974 bits per heavy atom. The number of para-hydroxylation sites is 2. The van der Waals surface area contributed by atoms with Crippen molar-refractivity contribution in [3.05, 3.63) is 94.3 Å². The number of ether oxygens (including phenoxy) is 2. The number of sulfonamides is 1. The molecular weight excluding hydrogens is 526 g/mol. The minimum absolute atomic E-state index is 0.0358. The zero-order valence-electron chi connectivity index (χ0n) is 21.3. The summed E-state index contributed by atoms with van der Waals surface area (Å²) in [4.78, 5) is 36.1. The molecule has 2 N–H and O–H groups in total. The molecule has 0 saturated carbocycles. The van der Waals surface area contributed by atoms with Gasteiger partial charge in [-0.1, -0.05) is 12.1 Å². The van der Waals surface area contributed by atoms with Crippen molar-refractivity contribution < 1.29 is 31.9 Å². The van der Waals surface area contributed by atoms with E-state index < -0.39 is 34.1 Å². The SMILES string of the molecule is COc1ccccc1N(C)S(=O)(=O)c1ccc(C(=O)NNC(=O)COc2ccc3c(C)cc(=O)oc3c2)cc1. The zero-order chi connectivity index (χ0) is 28.2. The number of hydrogen-bond donors (Lipinski definition) is 2. The first-order chi connectivity index (χ1) is 18.6. The van der Waals surface area contributed by atoms with E-state index in [-0.39, 0.29) is 10.5 Å². The maximum atomic E-state index is 13.1. The molecule has 39 heavy (non-hydrogen) atoms. The predicted molar refractivity (Wildman–Crippen MR) is 143 cm³/mol. The van der Waals surface area contributed by atoms with Crippen LogP contribution in [0.5, 0.6) is 11.5 Å². The Morgan fingerprint density at radius 3 is 2.41 bits per heavy atom. The normalized spacial score (nSPS) is 11.1. The maximum Gasteiger partial charge on any atom is 0.336 e. The number of amides is 2. The first kappa shape index (κ1) is 27.2. The highest BCUT2D eigenvalue weighted by molar-refractivity contribution is 7.92. The fraction of sp³-hybridized carbons (Fsp3) is 0.148. The van der Waals surface area contributed by atoms with E-state index in [1.807, 2.05) is 0 Å². The molecule has 4 aromatic rings. The van der Waals surface area contributed by atoms with Gasteiger partial charge in [-0.15, -0.1) is 0 Å². The summed E-state index contributed by atoms with van der Waals surface area (Å²) in [5, 5.41) is 0.740. The molecule has 0 fully saturated rings. The quantitative estimate of drug-likeness (QED) is 0.251. The van der Waals surface area contributed by atoms with Crippen molar-refractivity contribution in [3.63, 3.8) is 0 Å². The molecule has 12 heteroatoms. The lowest BCUT2D eigenvalue weighted by Gasteiger charge is -2.21. The summed E-state index contributed by atoms with van der Waals surface area (Å²) in [6, 6.07) is 18.1. The number of methoxy groups -OCH3 is 1. The van der Waals surface area contributed by atoms with Crippen LogP contribution in [0.2, 0.25) is 0 Å². The Hall–Kier alpha value is -4.84. The zero-order valence-corrected chi connectivity index (χ0v) is 22.1. The number of hydrazine groups is 1. The molecule has 2 amide bonds. The van der Waals surface area contributed by atoms with Gasteiger partial charge < -0.3 is 13.9 Å². The van der Waals surface area contributed by atoms with Crippen LogP contribution in [0.4, 0.5) is 5.69 Å². The second-order valence-electron chi connectivity index (χ2n) is 8.37. The Bertz CT molecular complexity index is 1700. The number of benzene rings is 3. The topological polar surface area (TPSA) is 144 Å². The van der Waals surface area contributed by atoms with Crippen molar-refractivity contribution in [2.24, 2.45) is 0 Å². The lowest BCUT2D eigenvalue weighted by Crippen LogP contribution is -2.43. The Morgan fingerprint density at radius 2 is 1.69 bits per heavy atom. The highest BCUT2D eigenvalue weighted by Crippen LogP contribution is 2.31. The van der Waals surface area contributed by atoms with Crippen molar-refractivity contribution in [1.29, 1.82) is 0 Å². The summed E-state index contributed by atoms with van der Waals surface area (Å²) in [6.07, 6.45) is 0. The molecule has 0 saturated heterocycles. The van der Waals surface area contributed by atoms with Crippen LogP contribution in [0.15, 0.2) is 86.9 Å². The number of anilines is 1. The average molecular weight is 552 g/mol. The standard InChI is InChI=1S/C27H25N3O8S/c1-17-14-26(32)38-24-15-19(10-13-21(17)24)37-16-25(31)28-29-27(33)18-8-11-20(12-9-18)39(34,35)30(2)22-6-4-5-7-23(22)36-3/h4-15H,16H2,1-3H3,(H,28,31)(H,29,33). The van der Waals surface area contributed by atoms with Crippen LogP contribution in [-0.4, -0.2) is 41.0 Å². The third-order valence-electron chi connectivity index (χ3n) is 5.81. The van der Waals surface area contributed by atoms with Crippen LogP contribution >= 0.6 is 0 Å². The number of rotatable bonds is 8. The minimum Gasteiger partial charge on any atom is -0.495 e. The van der Waals surface area contributed by atoms with Gasteiger partial charge in [0.05, 0.1) is 17.7 Å². The molecule has 4 rings (SSSR count). The molecule has 0 aliphatic rings. The maximum absolute atomic E-state index is 13.1. The molecule has 1 heterocycles. The van der Waals surface area contributed by atoms with Gasteiger partial charge in [-0.25, -0.2) is 13.2 Å². The van der Waals surface area contributed by atoms with E-state index in [0.717, 1.165) is 15.3 Å². The molecule has 202 valence electrons. The van der Waals surface area contributed by atoms with Crippen molar-refractivity contribution in [2.45, 2.75) is 11.8 Å². The summed E-state index contributed by atoms with van der Waals surface area (Å²) < 4.78 is 43.0. The first-order valence-corrected chi connectivity index (χ1v) is 13.0. The lowest BCUT2D eigenvalue weighted by atomic mass is 10.1. The van der Waals surface area contributed by atoms with Gasteiger partial charge in [0.1, 0.15) is 17.1 Å². The van der Waals surface area contributed by atoms with Gasteiger partial charge in [-0.3, -0.25) is 24.7 Å². The number of fused-ring (bicyclic) bond motifs is 1. The average Bonchev–Trinajstić information content (AvgIpc) is 2.94. The predicted octanol–water partition coefficient (Wildman–Crippen LogP) is 2.78. The number of aryl methyl sites for hydroxylation is 1. The Kier molecular flexibility index (Phi) is 7.86. The fourth-order valence-electron chi connectivity index (χ4n) is 3.73. The summed E-state index contributed by atoms with van der Waals surface area (Å²) in [5.74, 6) is -0.616. The molecule has 11 nitrogen and oxygen atoms in total. The summed E-state index contributed by atoms with van der Waals surface area (Å²) >= 11 is 0. The molecule has 0 atom stereocenters. The number of hydrogen-bond acceptors (Lipinski definition) is 8. The fourth-order valence-corrected chi connectivity index (χ4v) is 4.94. The van der Waals surface area contributed by atoms with E-state index >= 15 is 0 Å². The molecule has 0 bridgehead atoms. The molecule has 3 aromatic carbocycles. The van der Waals surface area contributed by atoms with E-state index in [1.165, 1.54) is 50.6 Å². The molecule has 0 unspecified atom stereocenters. The van der Waals surface area contributed by atoms with E-state index in [9.17, 15) is 22.8 Å². The first-order valence-electron chi connectivity index (χ1n) is 11.6. The van der Waals surface area contributed by atoms with Crippen LogP contribution in [-0.2, 0) is 14.8 Å². The molecule has 0 aliphatic carbocycles. The largest absolute Gasteiger partial charge is 0.495 e. The van der Waals surface area contributed by atoms with Crippen LogP contribution < -0.4 is 30.3 Å². The number of carbonyl (C=O) groups is 2. The summed E-state index contributed by atoms with van der Waals surface area (Å²) in [6.45, 7) is 1.36. The number of nitrogens with one attached hydrogen (secondary N) is 2. The third kappa shape index (κ3) is 6.02. The Labute approximate surface area is 224 Å². The molecule has 1 aromatic heterocycles. The van der Waals surface area contributed by atoms with Gasteiger partial charge in [0.25, 0.3) is 21.8 Å². The van der Waals surface area contributed by atoms with E-state index in [0.29, 0.717) is 22.8 Å². The molecule has 0 spiro atoms. The smallest absolute Gasteiger partial charge is 0.336 e. The van der Waals surface area contributed by atoms with Gasteiger partial charge in [0.2, 0.25) is 0 Å². The summed E-state index contributed by atoms with van der Waals surface area (Å²) in [5.41, 5.74) is 5.53.